The second-order valence-electron chi connectivity index (χ2n) is 5.70. The van der Waals surface area contributed by atoms with Crippen molar-refractivity contribution in [2.75, 3.05) is 32.1 Å². The number of morpholine rings is 1. The molecule has 2 aromatic rings. The number of ether oxygens (including phenoxy) is 1. The average molecular weight is 302 g/mol. The molecule has 1 atom stereocenters. The van der Waals surface area contributed by atoms with Crippen molar-refractivity contribution in [1.29, 1.82) is 0 Å². The Labute approximate surface area is 130 Å². The zero-order valence-corrected chi connectivity index (χ0v) is 13.3. The van der Waals surface area contributed by atoms with Crippen molar-refractivity contribution in [1.82, 2.24) is 15.0 Å². The van der Waals surface area contributed by atoms with Crippen molar-refractivity contribution in [3.05, 3.63) is 41.0 Å². The van der Waals surface area contributed by atoms with Crippen LogP contribution in [0.15, 0.2) is 22.7 Å². The fourth-order valence-electron chi connectivity index (χ4n) is 2.75. The van der Waals surface area contributed by atoms with E-state index in [1.54, 1.807) is 0 Å². The summed E-state index contributed by atoms with van der Waals surface area (Å²) in [6.07, 6.45) is -0.00579. The number of nitrogens with zero attached hydrogens (tertiary/aromatic N) is 3. The number of aryl methyl sites for hydroxylation is 2. The first-order valence-corrected chi connectivity index (χ1v) is 7.56. The maximum atomic E-state index is 5.92. The van der Waals surface area contributed by atoms with Gasteiger partial charge in [0, 0.05) is 44.1 Å². The molecule has 1 aliphatic rings. The topological polar surface area (TPSA) is 63.4 Å². The van der Waals surface area contributed by atoms with Gasteiger partial charge < -0.3 is 14.6 Å². The van der Waals surface area contributed by atoms with Crippen molar-refractivity contribution in [3.8, 4) is 0 Å². The predicted octanol–water partition coefficient (Wildman–Crippen LogP) is 2.30. The minimum absolute atomic E-state index is 0.00579. The first-order valence-electron chi connectivity index (χ1n) is 7.56. The van der Waals surface area contributed by atoms with Crippen LogP contribution in [0.5, 0.6) is 0 Å². The molecule has 1 N–H and O–H groups in total. The maximum absolute atomic E-state index is 5.92. The zero-order chi connectivity index (χ0) is 15.5. The molecule has 22 heavy (non-hydrogen) atoms. The average Bonchev–Trinajstić information content (AvgIpc) is 2.92. The Morgan fingerprint density at radius 1 is 1.32 bits per heavy atom. The van der Waals surface area contributed by atoms with Gasteiger partial charge in [-0.25, -0.2) is 0 Å². The molecule has 0 saturated carbocycles. The van der Waals surface area contributed by atoms with E-state index in [2.05, 4.69) is 26.4 Å². The van der Waals surface area contributed by atoms with Crippen LogP contribution >= 0.6 is 0 Å². The highest BCUT2D eigenvalue weighted by atomic mass is 16.5. The SMILES string of the molecule is CNc1cc(C)nc(C2CN(Cc3cc(C)on3)CCO2)c1. The Kier molecular flexibility index (Phi) is 4.40. The van der Waals surface area contributed by atoms with E-state index < -0.39 is 0 Å². The van der Waals surface area contributed by atoms with Crippen molar-refractivity contribution >= 4 is 5.69 Å². The number of anilines is 1. The smallest absolute Gasteiger partial charge is 0.133 e. The first kappa shape index (κ1) is 15.0. The summed E-state index contributed by atoms with van der Waals surface area (Å²) in [6, 6.07) is 6.07. The maximum Gasteiger partial charge on any atom is 0.133 e. The third-order valence-corrected chi connectivity index (χ3v) is 3.80. The van der Waals surface area contributed by atoms with E-state index in [4.69, 9.17) is 9.26 Å². The lowest BCUT2D eigenvalue weighted by Crippen LogP contribution is -2.38. The molecule has 2 aromatic heterocycles. The Morgan fingerprint density at radius 3 is 2.91 bits per heavy atom. The molecule has 0 amide bonds. The Hall–Kier alpha value is -1.92. The van der Waals surface area contributed by atoms with Gasteiger partial charge in [-0.1, -0.05) is 5.16 Å². The molecule has 1 aliphatic heterocycles. The van der Waals surface area contributed by atoms with Gasteiger partial charge in [-0.15, -0.1) is 0 Å². The Balaban J connectivity index is 1.71. The normalized spacial score (nSPS) is 19.3. The molecule has 0 aromatic carbocycles. The standard InChI is InChI=1S/C16H22N4O2/c1-11-6-13(17-3)8-15(18-11)16-10-20(4-5-21-16)9-14-7-12(2)22-19-14/h6-8,16H,4-5,9-10H2,1-3H3,(H,17,18). The van der Waals surface area contributed by atoms with E-state index >= 15 is 0 Å². The van der Waals surface area contributed by atoms with Crippen LogP contribution in [0.2, 0.25) is 0 Å². The summed E-state index contributed by atoms with van der Waals surface area (Å²) in [7, 11) is 1.92. The fraction of sp³-hybridized carbons (Fsp3) is 0.500. The summed E-state index contributed by atoms with van der Waals surface area (Å²) in [5, 5.41) is 7.24. The van der Waals surface area contributed by atoms with E-state index in [1.165, 1.54) is 0 Å². The van der Waals surface area contributed by atoms with E-state index in [1.807, 2.05) is 33.0 Å². The van der Waals surface area contributed by atoms with Crippen LogP contribution in [0, 0.1) is 13.8 Å². The van der Waals surface area contributed by atoms with E-state index in [0.29, 0.717) is 6.61 Å². The molecular weight excluding hydrogens is 280 g/mol. The molecule has 1 fully saturated rings. The number of nitrogens with one attached hydrogen (secondary N) is 1. The Morgan fingerprint density at radius 2 is 2.18 bits per heavy atom. The number of pyridine rings is 1. The van der Waals surface area contributed by atoms with Crippen LogP contribution < -0.4 is 5.32 Å². The summed E-state index contributed by atoms with van der Waals surface area (Å²) < 4.78 is 11.1. The summed E-state index contributed by atoms with van der Waals surface area (Å²) in [4.78, 5) is 6.95. The zero-order valence-electron chi connectivity index (χ0n) is 13.3. The van der Waals surface area contributed by atoms with Gasteiger partial charge in [0.1, 0.15) is 11.9 Å². The van der Waals surface area contributed by atoms with Gasteiger partial charge in [-0.2, -0.15) is 0 Å². The monoisotopic (exact) mass is 302 g/mol. The molecule has 0 spiro atoms. The van der Waals surface area contributed by atoms with Crippen molar-refractivity contribution < 1.29 is 9.26 Å². The van der Waals surface area contributed by atoms with Crippen LogP contribution in [0.25, 0.3) is 0 Å². The van der Waals surface area contributed by atoms with Gasteiger partial charge in [0.2, 0.25) is 0 Å². The highest BCUT2D eigenvalue weighted by Crippen LogP contribution is 2.24. The minimum atomic E-state index is -0.00579. The summed E-state index contributed by atoms with van der Waals surface area (Å²) >= 11 is 0. The summed E-state index contributed by atoms with van der Waals surface area (Å²) in [6.45, 7) is 7.10. The third kappa shape index (κ3) is 3.45. The summed E-state index contributed by atoms with van der Waals surface area (Å²) in [5.74, 6) is 0.846. The third-order valence-electron chi connectivity index (χ3n) is 3.80. The molecule has 6 heteroatoms. The largest absolute Gasteiger partial charge is 0.388 e. The van der Waals surface area contributed by atoms with Gasteiger partial charge in [-0.3, -0.25) is 9.88 Å². The van der Waals surface area contributed by atoms with Crippen molar-refractivity contribution in [2.24, 2.45) is 0 Å². The summed E-state index contributed by atoms with van der Waals surface area (Å²) in [5.41, 5.74) is 4.00. The molecule has 118 valence electrons. The highest BCUT2D eigenvalue weighted by Gasteiger charge is 2.24. The van der Waals surface area contributed by atoms with Gasteiger partial charge in [0.25, 0.3) is 0 Å². The second kappa shape index (κ2) is 6.46. The number of hydrogen-bond donors (Lipinski definition) is 1. The molecule has 0 bridgehead atoms. The molecule has 3 heterocycles. The van der Waals surface area contributed by atoms with Gasteiger partial charge in [-0.05, 0) is 26.0 Å². The molecule has 3 rings (SSSR count). The van der Waals surface area contributed by atoms with Crippen LogP contribution in [0.4, 0.5) is 5.69 Å². The van der Waals surface area contributed by atoms with Crippen molar-refractivity contribution in [2.45, 2.75) is 26.5 Å². The molecule has 1 saturated heterocycles. The molecule has 0 radical (unpaired) electrons. The van der Waals surface area contributed by atoms with Crippen LogP contribution in [0.1, 0.15) is 28.9 Å². The first-order chi connectivity index (χ1) is 10.6. The fourth-order valence-corrected chi connectivity index (χ4v) is 2.75. The molecular formula is C16H22N4O2. The number of rotatable bonds is 4. The molecule has 6 nitrogen and oxygen atoms in total. The number of aromatic nitrogens is 2. The van der Waals surface area contributed by atoms with E-state index in [0.717, 1.165) is 48.2 Å². The van der Waals surface area contributed by atoms with Crippen LogP contribution in [-0.4, -0.2) is 41.8 Å². The van der Waals surface area contributed by atoms with Gasteiger partial charge >= 0.3 is 0 Å². The number of hydrogen-bond acceptors (Lipinski definition) is 6. The minimum Gasteiger partial charge on any atom is -0.388 e. The highest BCUT2D eigenvalue weighted by molar-refractivity contribution is 5.45. The predicted molar refractivity (Wildman–Crippen MR) is 83.7 cm³/mol. The lowest BCUT2D eigenvalue weighted by Gasteiger charge is -2.32. The quantitative estimate of drug-likeness (QED) is 0.935. The Bertz CT molecular complexity index is 641. The van der Waals surface area contributed by atoms with Gasteiger partial charge in [0.05, 0.1) is 18.0 Å². The second-order valence-corrected chi connectivity index (χ2v) is 5.70. The van der Waals surface area contributed by atoms with Crippen LogP contribution in [-0.2, 0) is 11.3 Å². The molecule has 1 unspecified atom stereocenters. The van der Waals surface area contributed by atoms with Crippen LogP contribution in [0.3, 0.4) is 0 Å². The van der Waals surface area contributed by atoms with Gasteiger partial charge in [0.15, 0.2) is 0 Å². The lowest BCUT2D eigenvalue weighted by molar-refractivity contribution is -0.0355. The van der Waals surface area contributed by atoms with Crippen molar-refractivity contribution in [3.63, 3.8) is 0 Å². The van der Waals surface area contributed by atoms with E-state index in [9.17, 15) is 0 Å². The van der Waals surface area contributed by atoms with E-state index in [-0.39, 0.29) is 6.10 Å². The molecule has 0 aliphatic carbocycles. The lowest BCUT2D eigenvalue weighted by atomic mass is 10.1.